The van der Waals surface area contributed by atoms with Crippen molar-refractivity contribution in [3.8, 4) is 17.2 Å². The molecule has 0 aromatic heterocycles. The lowest BCUT2D eigenvalue weighted by atomic mass is 10.2. The molecule has 3 aromatic carbocycles. The van der Waals surface area contributed by atoms with Crippen LogP contribution in [-0.2, 0) is 13.2 Å². The van der Waals surface area contributed by atoms with E-state index in [0.717, 1.165) is 31.7 Å². The van der Waals surface area contributed by atoms with Crippen LogP contribution in [0.4, 0.5) is 10.1 Å². The Morgan fingerprint density at radius 1 is 0.964 bits per heavy atom. The van der Waals surface area contributed by atoms with Crippen LogP contribution in [0.3, 0.4) is 0 Å². The number of hydrogen-bond acceptors (Lipinski definition) is 4. The Labute approximate surface area is 178 Å². The summed E-state index contributed by atoms with van der Waals surface area (Å²) in [6.45, 7) is 0.902. The summed E-state index contributed by atoms with van der Waals surface area (Å²) >= 11 is 7.06. The van der Waals surface area contributed by atoms with Gasteiger partial charge in [0, 0.05) is 33.9 Å². The molecule has 0 spiro atoms. The number of rotatable bonds is 6. The number of anilines is 1. The molecule has 1 aliphatic rings. The second kappa shape index (κ2) is 8.41. The minimum absolute atomic E-state index is 0.143. The summed E-state index contributed by atoms with van der Waals surface area (Å²) in [4.78, 5) is 0. The largest absolute Gasteiger partial charge is 0.487 e. The van der Waals surface area contributed by atoms with Crippen molar-refractivity contribution in [2.75, 3.05) is 12.1 Å². The van der Waals surface area contributed by atoms with Gasteiger partial charge in [-0.2, -0.15) is 0 Å². The van der Waals surface area contributed by atoms with Crippen molar-refractivity contribution in [1.29, 1.82) is 0 Å². The highest BCUT2D eigenvalue weighted by Gasteiger charge is 2.15. The zero-order chi connectivity index (χ0) is 19.5. The second-order valence-electron chi connectivity index (χ2n) is 6.18. The van der Waals surface area contributed by atoms with Crippen LogP contribution in [0.2, 0.25) is 0 Å². The van der Waals surface area contributed by atoms with Gasteiger partial charge in [0.25, 0.3) is 0 Å². The quantitative estimate of drug-likeness (QED) is 0.426. The maximum atomic E-state index is 13.9. The van der Waals surface area contributed by atoms with Crippen LogP contribution in [0.25, 0.3) is 0 Å². The Balaban J connectivity index is 1.52. The lowest BCUT2D eigenvalue weighted by Gasteiger charge is -2.16. The van der Waals surface area contributed by atoms with E-state index in [0.29, 0.717) is 17.9 Å². The van der Waals surface area contributed by atoms with Gasteiger partial charge in [0.15, 0.2) is 11.5 Å². The molecular weight excluding hydrogens is 493 g/mol. The molecule has 3 aromatic rings. The molecule has 0 bridgehead atoms. The first-order valence-corrected chi connectivity index (χ1v) is 10.2. The van der Waals surface area contributed by atoms with Crippen LogP contribution in [0, 0.1) is 5.82 Å². The molecule has 0 radical (unpaired) electrons. The molecule has 0 unspecified atom stereocenters. The molecule has 144 valence electrons. The lowest BCUT2D eigenvalue weighted by molar-refractivity contribution is 0.174. The third kappa shape index (κ3) is 4.25. The number of nitrogens with one attached hydrogen (secondary N) is 1. The van der Waals surface area contributed by atoms with Crippen molar-refractivity contribution in [2.45, 2.75) is 13.2 Å². The van der Waals surface area contributed by atoms with Crippen molar-refractivity contribution in [3.05, 3.63) is 80.5 Å². The summed E-state index contributed by atoms with van der Waals surface area (Å²) in [7, 11) is 0. The van der Waals surface area contributed by atoms with E-state index in [1.807, 2.05) is 30.3 Å². The zero-order valence-electron chi connectivity index (χ0n) is 14.7. The van der Waals surface area contributed by atoms with E-state index in [2.05, 4.69) is 37.2 Å². The third-order valence-electron chi connectivity index (χ3n) is 4.27. The molecule has 28 heavy (non-hydrogen) atoms. The summed E-state index contributed by atoms with van der Waals surface area (Å²) < 4.78 is 32.3. The second-order valence-corrected chi connectivity index (χ2v) is 7.95. The molecular formula is C21H16Br2FNO3. The number of fused-ring (bicyclic) bond motifs is 1. The average molecular weight is 509 g/mol. The smallest absolute Gasteiger partial charge is 0.231 e. The van der Waals surface area contributed by atoms with Crippen LogP contribution >= 0.6 is 31.9 Å². The Morgan fingerprint density at radius 2 is 1.79 bits per heavy atom. The summed E-state index contributed by atoms with van der Waals surface area (Å²) in [5, 5.41) is 3.36. The van der Waals surface area contributed by atoms with Gasteiger partial charge in [0.1, 0.15) is 18.2 Å². The van der Waals surface area contributed by atoms with Gasteiger partial charge in [-0.25, -0.2) is 4.39 Å². The van der Waals surface area contributed by atoms with Crippen LogP contribution in [0.15, 0.2) is 63.5 Å². The SMILES string of the molecule is Fc1ccccc1COc1c(Br)cc(Br)cc1CNc1ccc2c(c1)OCO2. The van der Waals surface area contributed by atoms with Gasteiger partial charge in [0.05, 0.1) is 4.47 Å². The third-order valence-corrected chi connectivity index (χ3v) is 5.32. The van der Waals surface area contributed by atoms with E-state index in [-0.39, 0.29) is 19.2 Å². The highest BCUT2D eigenvalue weighted by Crippen LogP contribution is 2.36. The monoisotopic (exact) mass is 507 g/mol. The van der Waals surface area contributed by atoms with Gasteiger partial charge in [-0.05, 0) is 46.3 Å². The zero-order valence-corrected chi connectivity index (χ0v) is 17.8. The van der Waals surface area contributed by atoms with E-state index in [9.17, 15) is 4.39 Å². The van der Waals surface area contributed by atoms with E-state index < -0.39 is 0 Å². The molecule has 1 heterocycles. The highest BCUT2D eigenvalue weighted by atomic mass is 79.9. The lowest BCUT2D eigenvalue weighted by Crippen LogP contribution is -2.05. The molecule has 0 atom stereocenters. The maximum absolute atomic E-state index is 13.9. The predicted molar refractivity (Wildman–Crippen MR) is 112 cm³/mol. The molecule has 0 saturated heterocycles. The van der Waals surface area contributed by atoms with Gasteiger partial charge >= 0.3 is 0 Å². The van der Waals surface area contributed by atoms with Crippen molar-refractivity contribution in [1.82, 2.24) is 0 Å². The van der Waals surface area contributed by atoms with E-state index in [1.54, 1.807) is 18.2 Å². The van der Waals surface area contributed by atoms with Crippen LogP contribution < -0.4 is 19.5 Å². The van der Waals surface area contributed by atoms with Crippen molar-refractivity contribution in [3.63, 3.8) is 0 Å². The topological polar surface area (TPSA) is 39.7 Å². The Bertz CT molecular complexity index is 1010. The molecule has 1 N–H and O–H groups in total. The molecule has 0 saturated carbocycles. The van der Waals surface area contributed by atoms with Gasteiger partial charge in [0.2, 0.25) is 6.79 Å². The molecule has 0 fully saturated rings. The summed E-state index contributed by atoms with van der Waals surface area (Å²) in [6.07, 6.45) is 0. The summed E-state index contributed by atoms with van der Waals surface area (Å²) in [6, 6.07) is 16.2. The number of ether oxygens (including phenoxy) is 3. The first-order chi connectivity index (χ1) is 13.6. The van der Waals surface area contributed by atoms with Crippen LogP contribution in [0.1, 0.15) is 11.1 Å². The summed E-state index contributed by atoms with van der Waals surface area (Å²) in [5.74, 6) is 1.84. The number of benzene rings is 3. The first kappa shape index (κ1) is 19.1. The molecule has 0 aliphatic carbocycles. The molecule has 4 nitrogen and oxygen atoms in total. The average Bonchev–Trinajstić information content (AvgIpc) is 3.14. The fraction of sp³-hybridized carbons (Fsp3) is 0.143. The number of halogens is 3. The fourth-order valence-corrected chi connectivity index (χ4v) is 4.30. The Morgan fingerprint density at radius 3 is 2.64 bits per heavy atom. The minimum Gasteiger partial charge on any atom is -0.487 e. The maximum Gasteiger partial charge on any atom is 0.231 e. The summed E-state index contributed by atoms with van der Waals surface area (Å²) in [5.41, 5.74) is 2.34. The van der Waals surface area contributed by atoms with E-state index in [4.69, 9.17) is 14.2 Å². The number of hydrogen-bond donors (Lipinski definition) is 1. The molecule has 4 rings (SSSR count). The van der Waals surface area contributed by atoms with Gasteiger partial charge in [-0.3, -0.25) is 0 Å². The van der Waals surface area contributed by atoms with E-state index >= 15 is 0 Å². The first-order valence-electron chi connectivity index (χ1n) is 8.58. The van der Waals surface area contributed by atoms with Crippen LogP contribution in [0.5, 0.6) is 17.2 Å². The highest BCUT2D eigenvalue weighted by molar-refractivity contribution is 9.11. The molecule has 1 aliphatic heterocycles. The Kier molecular flexibility index (Phi) is 5.73. The normalized spacial score (nSPS) is 12.1. The predicted octanol–water partition coefficient (Wildman–Crippen LogP) is 6.27. The van der Waals surface area contributed by atoms with Gasteiger partial charge in [-0.15, -0.1) is 0 Å². The Hall–Kier alpha value is -2.25. The standard InChI is InChI=1S/C21H16Br2FNO3/c22-15-7-14(10-25-16-5-6-19-20(9-16)28-12-27-19)21(17(23)8-15)26-11-13-3-1-2-4-18(13)24/h1-9,25H,10-12H2. The molecule has 7 heteroatoms. The van der Waals surface area contributed by atoms with Crippen molar-refractivity contribution < 1.29 is 18.6 Å². The van der Waals surface area contributed by atoms with E-state index in [1.165, 1.54) is 6.07 Å². The van der Waals surface area contributed by atoms with Crippen LogP contribution in [-0.4, -0.2) is 6.79 Å². The fourth-order valence-electron chi connectivity index (χ4n) is 2.88. The van der Waals surface area contributed by atoms with Gasteiger partial charge in [-0.1, -0.05) is 34.1 Å². The minimum atomic E-state index is -0.282. The van der Waals surface area contributed by atoms with Crippen molar-refractivity contribution >= 4 is 37.5 Å². The van der Waals surface area contributed by atoms with Crippen molar-refractivity contribution in [2.24, 2.45) is 0 Å². The molecule has 0 amide bonds. The van der Waals surface area contributed by atoms with Gasteiger partial charge < -0.3 is 19.5 Å².